The van der Waals surface area contributed by atoms with Crippen LogP contribution in [0, 0.1) is 0 Å². The Kier molecular flexibility index (Phi) is 10.1. The molecule has 43 heavy (non-hydrogen) atoms. The number of amides is 2. The van der Waals surface area contributed by atoms with Gasteiger partial charge in [0.2, 0.25) is 11.5 Å². The summed E-state index contributed by atoms with van der Waals surface area (Å²) in [6, 6.07) is 17.7. The molecule has 11 nitrogen and oxygen atoms in total. The maximum absolute atomic E-state index is 14.0. The van der Waals surface area contributed by atoms with Gasteiger partial charge in [0.05, 0.1) is 12.1 Å². The number of ether oxygens (including phenoxy) is 1. The highest BCUT2D eigenvalue weighted by Gasteiger charge is 2.55. The SMILES string of the molecule is CO/N=C(/C(=O)CCl)C(=O)N[C@@H]1C(=O)N2C(C(=O)OC(c3ccccc3)c3ccccc3)=C(CSc3cnns3)CS[C@@H]12. The number of β-lactam (4-membered cyclic amide) rings is 1. The van der Waals surface area contributed by atoms with Crippen molar-refractivity contribution in [2.24, 2.45) is 5.16 Å². The Hall–Kier alpha value is -3.72. The van der Waals surface area contributed by atoms with E-state index in [1.54, 1.807) is 6.20 Å². The topological polar surface area (TPSA) is 140 Å². The number of aromatic nitrogens is 2. The van der Waals surface area contributed by atoms with E-state index in [2.05, 4.69) is 24.9 Å². The first-order valence-electron chi connectivity index (χ1n) is 12.8. The fourth-order valence-corrected chi connectivity index (χ4v) is 7.53. The summed E-state index contributed by atoms with van der Waals surface area (Å²) in [5.41, 5.74) is 1.81. The van der Waals surface area contributed by atoms with Gasteiger partial charge in [-0.15, -0.1) is 40.2 Å². The predicted octanol–water partition coefficient (Wildman–Crippen LogP) is 3.43. The van der Waals surface area contributed by atoms with Crippen molar-refractivity contribution in [1.29, 1.82) is 0 Å². The van der Waals surface area contributed by atoms with Crippen LogP contribution in [-0.2, 0) is 28.8 Å². The van der Waals surface area contributed by atoms with Crippen LogP contribution >= 0.6 is 46.7 Å². The highest BCUT2D eigenvalue weighted by atomic mass is 35.5. The number of nitrogens with zero attached hydrogens (tertiary/aromatic N) is 4. The van der Waals surface area contributed by atoms with E-state index in [1.165, 1.54) is 47.1 Å². The van der Waals surface area contributed by atoms with E-state index >= 15 is 0 Å². The van der Waals surface area contributed by atoms with Gasteiger partial charge >= 0.3 is 5.97 Å². The molecule has 15 heteroatoms. The molecule has 1 aromatic heterocycles. The van der Waals surface area contributed by atoms with Crippen LogP contribution in [0.2, 0.25) is 0 Å². The summed E-state index contributed by atoms with van der Waals surface area (Å²) in [4.78, 5) is 58.4. The maximum Gasteiger partial charge on any atom is 0.356 e. The van der Waals surface area contributed by atoms with Crippen LogP contribution in [0.5, 0.6) is 0 Å². The molecule has 0 aliphatic carbocycles. The van der Waals surface area contributed by atoms with Gasteiger partial charge in [0, 0.05) is 11.5 Å². The number of halogens is 1. The summed E-state index contributed by atoms with van der Waals surface area (Å²) in [5.74, 6) is -2.54. The van der Waals surface area contributed by atoms with E-state index < -0.39 is 52.7 Å². The predicted molar refractivity (Wildman–Crippen MR) is 164 cm³/mol. The first kappa shape index (κ1) is 30.7. The molecule has 1 saturated heterocycles. The van der Waals surface area contributed by atoms with Gasteiger partial charge in [0.1, 0.15) is 28.4 Å². The molecule has 2 aliphatic rings. The molecule has 5 rings (SSSR count). The monoisotopic (exact) mass is 657 g/mol. The highest BCUT2D eigenvalue weighted by molar-refractivity contribution is 8.01. The van der Waals surface area contributed by atoms with E-state index in [-0.39, 0.29) is 5.70 Å². The largest absolute Gasteiger partial charge is 0.448 e. The van der Waals surface area contributed by atoms with Crippen LogP contribution in [0.15, 0.2) is 87.5 Å². The normalized spacial score (nSPS) is 18.2. The molecule has 0 saturated carbocycles. The number of ketones is 1. The van der Waals surface area contributed by atoms with Crippen molar-refractivity contribution in [3.05, 3.63) is 89.3 Å². The van der Waals surface area contributed by atoms with Crippen LogP contribution < -0.4 is 5.32 Å². The minimum atomic E-state index is -1.01. The molecule has 2 atom stereocenters. The number of hydrogen-bond donors (Lipinski definition) is 1. The van der Waals surface area contributed by atoms with Crippen molar-refractivity contribution in [2.45, 2.75) is 21.7 Å². The lowest BCUT2D eigenvalue weighted by Crippen LogP contribution is -2.71. The van der Waals surface area contributed by atoms with E-state index in [1.807, 2.05) is 60.7 Å². The Bertz CT molecular complexity index is 1520. The molecule has 2 aromatic carbocycles. The third kappa shape index (κ3) is 6.77. The quantitative estimate of drug-likeness (QED) is 0.0586. The molecule has 2 amide bonds. The molecule has 2 aliphatic heterocycles. The third-order valence-corrected chi connectivity index (χ3v) is 9.97. The lowest BCUT2D eigenvalue weighted by Gasteiger charge is -2.49. The van der Waals surface area contributed by atoms with Crippen LogP contribution in [0.25, 0.3) is 0 Å². The molecule has 3 heterocycles. The molecular weight excluding hydrogens is 634 g/mol. The first-order chi connectivity index (χ1) is 20.9. The van der Waals surface area contributed by atoms with Crippen molar-refractivity contribution in [3.8, 4) is 0 Å². The van der Waals surface area contributed by atoms with Crippen molar-refractivity contribution in [1.82, 2.24) is 19.8 Å². The second-order valence-corrected chi connectivity index (χ2v) is 12.6. The lowest BCUT2D eigenvalue weighted by molar-refractivity contribution is -0.154. The molecule has 1 fully saturated rings. The molecule has 0 bridgehead atoms. The van der Waals surface area contributed by atoms with Crippen molar-refractivity contribution >= 4 is 75.9 Å². The Morgan fingerprint density at radius 2 is 1.81 bits per heavy atom. The summed E-state index contributed by atoms with van der Waals surface area (Å²) in [7, 11) is 1.19. The molecule has 3 aromatic rings. The number of Topliss-reactive ketones (excluding diaryl/α,β-unsaturated/α-hetero) is 1. The molecule has 222 valence electrons. The molecule has 0 unspecified atom stereocenters. The number of benzene rings is 2. The fourth-order valence-electron chi connectivity index (χ4n) is 4.49. The zero-order valence-corrected chi connectivity index (χ0v) is 25.8. The Morgan fingerprint density at radius 3 is 2.40 bits per heavy atom. The lowest BCUT2D eigenvalue weighted by atomic mass is 10.0. The zero-order chi connectivity index (χ0) is 30.3. The minimum Gasteiger partial charge on any atom is -0.448 e. The van der Waals surface area contributed by atoms with Gasteiger partial charge in [0.15, 0.2) is 6.10 Å². The number of alkyl halides is 1. The third-order valence-electron chi connectivity index (χ3n) is 6.47. The zero-order valence-electron chi connectivity index (χ0n) is 22.5. The first-order valence-corrected chi connectivity index (χ1v) is 16.2. The highest BCUT2D eigenvalue weighted by Crippen LogP contribution is 2.43. The van der Waals surface area contributed by atoms with Gasteiger partial charge in [-0.1, -0.05) is 70.3 Å². The van der Waals surface area contributed by atoms with Gasteiger partial charge in [-0.3, -0.25) is 19.3 Å². The second kappa shape index (κ2) is 14.2. The second-order valence-electron chi connectivity index (χ2n) is 9.12. The van der Waals surface area contributed by atoms with Crippen LogP contribution in [0.3, 0.4) is 0 Å². The van der Waals surface area contributed by atoms with Crippen molar-refractivity contribution in [3.63, 3.8) is 0 Å². The number of carbonyl (C=O) groups excluding carboxylic acids is 4. The number of fused-ring (bicyclic) bond motifs is 1. The van der Waals surface area contributed by atoms with Crippen LogP contribution in [0.1, 0.15) is 17.2 Å². The van der Waals surface area contributed by atoms with Crippen molar-refractivity contribution < 1.29 is 28.8 Å². The van der Waals surface area contributed by atoms with Gasteiger partial charge < -0.3 is 14.9 Å². The molecule has 0 spiro atoms. The van der Waals surface area contributed by atoms with E-state index in [9.17, 15) is 19.2 Å². The van der Waals surface area contributed by atoms with Gasteiger partial charge in [-0.05, 0) is 28.2 Å². The summed E-state index contributed by atoms with van der Waals surface area (Å²) in [6.45, 7) is 0. The number of nitrogens with one attached hydrogen (secondary N) is 1. The number of rotatable bonds is 12. The summed E-state index contributed by atoms with van der Waals surface area (Å²) in [6.07, 6.45) is 0.908. The summed E-state index contributed by atoms with van der Waals surface area (Å²) in [5, 5.41) is 9.27. The van der Waals surface area contributed by atoms with Gasteiger partial charge in [-0.2, -0.15) is 0 Å². The molecule has 1 N–H and O–H groups in total. The van der Waals surface area contributed by atoms with E-state index in [0.717, 1.165) is 15.3 Å². The number of thioether (sulfide) groups is 2. The Balaban J connectivity index is 1.43. The standard InChI is InChI=1S/C28H24ClN5O6S3/c1-39-32-21(19(35)12-29)25(36)31-22-26(37)34-23(18(15-42-27(22)34)14-41-20-13-30-33-43-20)28(38)40-24(16-8-4-2-5-9-16)17-10-6-3-7-11-17/h2-11,13,22,24,27H,12,14-15H2,1H3,(H,31,36)/b32-21-/t22-,27+/m1/s1. The van der Waals surface area contributed by atoms with E-state index in [4.69, 9.17) is 16.3 Å². The Labute approximate surface area is 264 Å². The average molecular weight is 658 g/mol. The number of esters is 1. The van der Waals surface area contributed by atoms with Crippen molar-refractivity contribution in [2.75, 3.05) is 24.5 Å². The van der Waals surface area contributed by atoms with Gasteiger partial charge in [-0.25, -0.2) is 4.79 Å². The summed E-state index contributed by atoms with van der Waals surface area (Å²) < 4.78 is 10.9. The van der Waals surface area contributed by atoms with Gasteiger partial charge in [0.25, 0.3) is 11.8 Å². The Morgan fingerprint density at radius 1 is 1.14 bits per heavy atom. The minimum absolute atomic E-state index is 0.128. The molecule has 0 radical (unpaired) electrons. The molecular formula is C28H24ClN5O6S3. The number of oxime groups is 1. The number of hydrogen-bond acceptors (Lipinski definition) is 12. The van der Waals surface area contributed by atoms with Crippen LogP contribution in [-0.4, -0.2) is 79.7 Å². The van der Waals surface area contributed by atoms with E-state index in [0.29, 0.717) is 17.1 Å². The smallest absolute Gasteiger partial charge is 0.356 e. The number of carbonyl (C=O) groups is 4. The summed E-state index contributed by atoms with van der Waals surface area (Å²) >= 11 is 9.67. The average Bonchev–Trinajstić information content (AvgIpc) is 3.57. The van der Waals surface area contributed by atoms with Crippen LogP contribution in [0.4, 0.5) is 0 Å². The maximum atomic E-state index is 14.0. The fraction of sp³-hybridized carbons (Fsp3) is 0.250.